The number of aromatic amines is 1. The van der Waals surface area contributed by atoms with E-state index in [0.717, 1.165) is 17.7 Å². The molecule has 0 unspecified atom stereocenters. The van der Waals surface area contributed by atoms with Crippen molar-refractivity contribution < 1.29 is 9.47 Å². The molecule has 1 aromatic heterocycles. The molecule has 148 valence electrons. The van der Waals surface area contributed by atoms with Crippen LogP contribution in [0.25, 0.3) is 11.0 Å². The van der Waals surface area contributed by atoms with Crippen LogP contribution >= 0.6 is 0 Å². The molecule has 0 fully saturated rings. The highest BCUT2D eigenvalue weighted by Crippen LogP contribution is 2.28. The molecule has 0 spiro atoms. The van der Waals surface area contributed by atoms with E-state index in [1.54, 1.807) is 20.3 Å². The second kappa shape index (κ2) is 8.21. The average molecular weight is 382 g/mol. The van der Waals surface area contributed by atoms with Crippen molar-refractivity contribution in [3.05, 3.63) is 51.9 Å². The van der Waals surface area contributed by atoms with E-state index in [2.05, 4.69) is 15.3 Å². The number of nitrogens with two attached hydrogens (primary N) is 1. The number of hydrogen-bond acceptors (Lipinski definition) is 6. The molecule has 1 heterocycles. The Balaban J connectivity index is 1.78. The van der Waals surface area contributed by atoms with Crippen LogP contribution in [-0.4, -0.2) is 30.7 Å². The van der Waals surface area contributed by atoms with Gasteiger partial charge in [0.15, 0.2) is 11.5 Å². The Morgan fingerprint density at radius 1 is 1.14 bits per heavy atom. The van der Waals surface area contributed by atoms with Gasteiger partial charge in [0.25, 0.3) is 5.56 Å². The van der Waals surface area contributed by atoms with Crippen LogP contribution in [0.15, 0.2) is 35.1 Å². The molecule has 3 aromatic rings. The molecular weight excluding hydrogens is 356 g/mol. The lowest BCUT2D eigenvalue weighted by Gasteiger charge is -2.13. The van der Waals surface area contributed by atoms with E-state index < -0.39 is 0 Å². The van der Waals surface area contributed by atoms with Crippen LogP contribution in [0, 0.1) is 0 Å². The molecule has 0 saturated carbocycles. The van der Waals surface area contributed by atoms with Gasteiger partial charge in [-0.3, -0.25) is 4.79 Å². The van der Waals surface area contributed by atoms with Crippen molar-refractivity contribution in [1.82, 2.24) is 9.97 Å². The van der Waals surface area contributed by atoms with Crippen molar-refractivity contribution in [3.8, 4) is 11.5 Å². The Morgan fingerprint density at radius 3 is 2.57 bits per heavy atom. The molecule has 0 aliphatic heterocycles. The van der Waals surface area contributed by atoms with E-state index in [9.17, 15) is 4.79 Å². The van der Waals surface area contributed by atoms with Gasteiger partial charge in [-0.1, -0.05) is 19.9 Å². The number of nitrogens with zero attached hydrogens (tertiary/aromatic N) is 1. The molecule has 0 aliphatic carbocycles. The largest absolute Gasteiger partial charge is 0.493 e. The topological polar surface area (TPSA) is 102 Å². The van der Waals surface area contributed by atoms with Crippen molar-refractivity contribution in [1.29, 1.82) is 0 Å². The Kier molecular flexibility index (Phi) is 5.73. The van der Waals surface area contributed by atoms with Gasteiger partial charge in [-0.25, -0.2) is 4.98 Å². The lowest BCUT2D eigenvalue weighted by Crippen LogP contribution is -2.16. The number of methoxy groups -OCH3 is 2. The minimum atomic E-state index is -0.170. The summed E-state index contributed by atoms with van der Waals surface area (Å²) in [5.41, 5.74) is 10.3. The van der Waals surface area contributed by atoms with E-state index in [4.69, 9.17) is 15.2 Å². The molecule has 0 aliphatic rings. The summed E-state index contributed by atoms with van der Waals surface area (Å²) >= 11 is 0. The fourth-order valence-corrected chi connectivity index (χ4v) is 3.09. The fourth-order valence-electron chi connectivity index (χ4n) is 3.09. The first-order valence-corrected chi connectivity index (χ1v) is 9.21. The maximum Gasteiger partial charge on any atom is 0.270 e. The van der Waals surface area contributed by atoms with Gasteiger partial charge >= 0.3 is 0 Å². The number of nitrogen functional groups attached to an aromatic ring is 1. The van der Waals surface area contributed by atoms with Crippen molar-refractivity contribution in [2.45, 2.75) is 26.2 Å². The molecule has 0 saturated heterocycles. The molecule has 0 bridgehead atoms. The van der Waals surface area contributed by atoms with Gasteiger partial charge in [-0.05, 0) is 36.2 Å². The van der Waals surface area contributed by atoms with Crippen molar-refractivity contribution in [3.63, 3.8) is 0 Å². The number of benzene rings is 2. The normalized spacial score (nSPS) is 11.0. The summed E-state index contributed by atoms with van der Waals surface area (Å²) in [6, 6.07) is 9.49. The second-order valence-corrected chi connectivity index (χ2v) is 6.93. The van der Waals surface area contributed by atoms with Crippen LogP contribution in [0.2, 0.25) is 0 Å². The smallest absolute Gasteiger partial charge is 0.270 e. The Labute approximate surface area is 163 Å². The summed E-state index contributed by atoms with van der Waals surface area (Å²) in [6.45, 7) is 4.58. The zero-order valence-corrected chi connectivity index (χ0v) is 16.6. The molecular formula is C21H26N4O3. The number of aromatic nitrogens is 2. The molecule has 0 amide bonds. The highest BCUT2D eigenvalue weighted by atomic mass is 16.5. The summed E-state index contributed by atoms with van der Waals surface area (Å²) in [5.74, 6) is 1.46. The molecule has 28 heavy (non-hydrogen) atoms. The first kappa shape index (κ1) is 19.5. The predicted octanol–water partition coefficient (Wildman–Crippen LogP) is 3.30. The van der Waals surface area contributed by atoms with Crippen LogP contribution in [0.4, 0.5) is 11.4 Å². The van der Waals surface area contributed by atoms with Crippen LogP contribution < -0.4 is 26.1 Å². The number of H-pyrrole nitrogens is 1. The van der Waals surface area contributed by atoms with E-state index in [1.165, 1.54) is 0 Å². The summed E-state index contributed by atoms with van der Waals surface area (Å²) in [6.07, 6.45) is 0.786. The number of anilines is 2. The first-order valence-electron chi connectivity index (χ1n) is 9.21. The van der Waals surface area contributed by atoms with Crippen LogP contribution in [-0.2, 0) is 6.42 Å². The highest BCUT2D eigenvalue weighted by molar-refractivity contribution is 5.86. The van der Waals surface area contributed by atoms with Gasteiger partial charge in [-0.2, -0.15) is 0 Å². The van der Waals surface area contributed by atoms with Gasteiger partial charge in [0, 0.05) is 12.5 Å². The fraction of sp³-hybridized carbons (Fsp3) is 0.333. The van der Waals surface area contributed by atoms with Gasteiger partial charge in [0.1, 0.15) is 5.69 Å². The zero-order valence-electron chi connectivity index (χ0n) is 16.6. The molecule has 0 atom stereocenters. The molecule has 7 nitrogen and oxygen atoms in total. The second-order valence-electron chi connectivity index (χ2n) is 6.93. The third kappa shape index (κ3) is 4.03. The third-order valence-electron chi connectivity index (χ3n) is 4.61. The standard InChI is InChI=1S/C21H26N4O3/c1-12(2)20-21(26)25-16-10-14(22)15(11-17(16)24-20)23-8-7-13-5-6-18(27-3)19(9-13)28-4/h5-6,9-12,23H,7-8,22H2,1-4H3,(H,25,26). The maximum absolute atomic E-state index is 12.1. The minimum Gasteiger partial charge on any atom is -0.493 e. The van der Waals surface area contributed by atoms with E-state index in [1.807, 2.05) is 38.1 Å². The molecule has 3 rings (SSSR count). The number of rotatable bonds is 7. The van der Waals surface area contributed by atoms with Crippen molar-refractivity contribution in [2.75, 3.05) is 31.8 Å². The van der Waals surface area contributed by atoms with Crippen molar-refractivity contribution in [2.24, 2.45) is 0 Å². The minimum absolute atomic E-state index is 0.0483. The van der Waals surface area contributed by atoms with Gasteiger partial charge in [-0.15, -0.1) is 0 Å². The number of fused-ring (bicyclic) bond motifs is 1. The SMILES string of the molecule is COc1ccc(CCNc2cc3nc(C(C)C)c(=O)[nH]c3cc2N)cc1OC. The van der Waals surface area contributed by atoms with E-state index >= 15 is 0 Å². The highest BCUT2D eigenvalue weighted by Gasteiger charge is 2.11. The predicted molar refractivity (Wildman–Crippen MR) is 113 cm³/mol. The summed E-state index contributed by atoms with van der Waals surface area (Å²) in [7, 11) is 3.24. The van der Waals surface area contributed by atoms with Gasteiger partial charge in [0.2, 0.25) is 0 Å². The number of nitrogens with one attached hydrogen (secondary N) is 2. The van der Waals surface area contributed by atoms with Crippen LogP contribution in [0.5, 0.6) is 11.5 Å². The van der Waals surface area contributed by atoms with E-state index in [-0.39, 0.29) is 11.5 Å². The quantitative estimate of drug-likeness (QED) is 0.542. The molecule has 0 radical (unpaired) electrons. The summed E-state index contributed by atoms with van der Waals surface area (Å²) in [4.78, 5) is 19.5. The van der Waals surface area contributed by atoms with Gasteiger partial charge in [0.05, 0.1) is 36.6 Å². The molecule has 4 N–H and O–H groups in total. The first-order chi connectivity index (χ1) is 13.4. The summed E-state index contributed by atoms with van der Waals surface area (Å²) in [5, 5.41) is 3.35. The van der Waals surface area contributed by atoms with Crippen molar-refractivity contribution >= 4 is 22.4 Å². The lowest BCUT2D eigenvalue weighted by atomic mass is 10.1. The lowest BCUT2D eigenvalue weighted by molar-refractivity contribution is 0.354. The number of hydrogen-bond donors (Lipinski definition) is 3. The molecule has 7 heteroatoms. The Bertz CT molecular complexity index is 1040. The van der Waals surface area contributed by atoms with Gasteiger partial charge < -0.3 is 25.5 Å². The third-order valence-corrected chi connectivity index (χ3v) is 4.61. The van der Waals surface area contributed by atoms with E-state index in [0.29, 0.717) is 40.5 Å². The van der Waals surface area contributed by atoms with Crippen LogP contribution in [0.1, 0.15) is 31.0 Å². The average Bonchev–Trinajstić information content (AvgIpc) is 2.67. The monoisotopic (exact) mass is 382 g/mol. The summed E-state index contributed by atoms with van der Waals surface area (Å²) < 4.78 is 10.6. The molecule has 2 aromatic carbocycles. The maximum atomic E-state index is 12.1. The zero-order chi connectivity index (χ0) is 20.3. The Morgan fingerprint density at radius 2 is 1.89 bits per heavy atom. The number of ether oxygens (including phenoxy) is 2. The van der Waals surface area contributed by atoms with Crippen LogP contribution in [0.3, 0.4) is 0 Å². The Hall–Kier alpha value is -3.22.